The van der Waals surface area contributed by atoms with Crippen LogP contribution >= 0.6 is 23.2 Å². The monoisotopic (exact) mass is 180 g/mol. The molecule has 1 aliphatic rings. The zero-order chi connectivity index (χ0) is 7.72. The van der Waals surface area contributed by atoms with Crippen LogP contribution in [-0.2, 0) is 0 Å². The summed E-state index contributed by atoms with van der Waals surface area (Å²) >= 11 is 11.0. The van der Waals surface area contributed by atoms with Gasteiger partial charge in [-0.1, -0.05) is 23.2 Å². The molecule has 1 rings (SSSR count). The number of hydrogen-bond donors (Lipinski definition) is 2. The highest BCUT2D eigenvalue weighted by Gasteiger charge is 2.18. The second-order valence-corrected chi connectivity index (χ2v) is 2.82. The van der Waals surface area contributed by atoms with Gasteiger partial charge in [-0.25, -0.2) is 0 Å². The summed E-state index contributed by atoms with van der Waals surface area (Å²) in [5, 5.41) is 18.5. The third kappa shape index (κ3) is 1.52. The average Bonchev–Trinajstić information content (AvgIpc) is 1.84. The molecule has 0 aliphatic heterocycles. The van der Waals surface area contributed by atoms with E-state index in [1.165, 1.54) is 12.2 Å². The molecule has 0 spiro atoms. The van der Waals surface area contributed by atoms with E-state index in [9.17, 15) is 0 Å². The Bertz CT molecular complexity index is 176. The standard InChI is InChI=1S/C6H6Cl2O2/c7-3-1-5(9)6(10)2-4(3)8/h1-2,5-6,9-10H/t5-,6+. The third-order valence-corrected chi connectivity index (χ3v) is 1.97. The first kappa shape index (κ1) is 8.08. The predicted octanol–water partition coefficient (Wildman–Crippen LogP) is 0.967. The molecular weight excluding hydrogens is 175 g/mol. The highest BCUT2D eigenvalue weighted by atomic mass is 35.5. The molecule has 1 aliphatic carbocycles. The minimum absolute atomic E-state index is 0.277. The van der Waals surface area contributed by atoms with Gasteiger partial charge in [0.2, 0.25) is 0 Å². The van der Waals surface area contributed by atoms with E-state index in [1.54, 1.807) is 0 Å². The number of halogens is 2. The Morgan fingerprint density at radius 1 is 1.00 bits per heavy atom. The van der Waals surface area contributed by atoms with Gasteiger partial charge in [-0.3, -0.25) is 0 Å². The first-order valence-electron chi connectivity index (χ1n) is 2.72. The zero-order valence-electron chi connectivity index (χ0n) is 4.96. The summed E-state index contributed by atoms with van der Waals surface area (Å²) in [4.78, 5) is 0. The van der Waals surface area contributed by atoms with E-state index in [2.05, 4.69) is 0 Å². The van der Waals surface area contributed by atoms with Crippen molar-refractivity contribution in [1.82, 2.24) is 0 Å². The van der Waals surface area contributed by atoms with Gasteiger partial charge in [-0.15, -0.1) is 0 Å². The Balaban J connectivity index is 2.83. The van der Waals surface area contributed by atoms with Crippen LogP contribution in [0, 0.1) is 0 Å². The van der Waals surface area contributed by atoms with Gasteiger partial charge < -0.3 is 10.2 Å². The van der Waals surface area contributed by atoms with Crippen LogP contribution in [0.3, 0.4) is 0 Å². The van der Waals surface area contributed by atoms with Gasteiger partial charge in [0.1, 0.15) is 12.2 Å². The normalized spacial score (nSPS) is 33.2. The molecule has 2 nitrogen and oxygen atoms in total. The largest absolute Gasteiger partial charge is 0.386 e. The predicted molar refractivity (Wildman–Crippen MR) is 39.9 cm³/mol. The van der Waals surface area contributed by atoms with Gasteiger partial charge in [-0.2, -0.15) is 0 Å². The van der Waals surface area contributed by atoms with E-state index in [1.807, 2.05) is 0 Å². The van der Waals surface area contributed by atoms with Crippen molar-refractivity contribution in [3.63, 3.8) is 0 Å². The molecule has 0 aromatic carbocycles. The zero-order valence-corrected chi connectivity index (χ0v) is 6.47. The SMILES string of the molecule is O[C@@H]1C=C(Cl)C(Cl)=C[C@@H]1O. The molecule has 56 valence electrons. The smallest absolute Gasteiger partial charge is 0.103 e. The van der Waals surface area contributed by atoms with Crippen molar-refractivity contribution in [3.8, 4) is 0 Å². The minimum Gasteiger partial charge on any atom is -0.386 e. The van der Waals surface area contributed by atoms with Gasteiger partial charge in [-0.05, 0) is 12.2 Å². The van der Waals surface area contributed by atoms with E-state index in [-0.39, 0.29) is 10.1 Å². The van der Waals surface area contributed by atoms with E-state index < -0.39 is 12.2 Å². The van der Waals surface area contributed by atoms with Crippen molar-refractivity contribution in [2.75, 3.05) is 0 Å². The first-order valence-corrected chi connectivity index (χ1v) is 3.48. The van der Waals surface area contributed by atoms with Gasteiger partial charge in [0.05, 0.1) is 10.1 Å². The maximum absolute atomic E-state index is 8.95. The summed E-state index contributed by atoms with van der Waals surface area (Å²) in [6, 6.07) is 0. The number of aliphatic hydroxyl groups is 2. The quantitative estimate of drug-likeness (QED) is 0.584. The Hall–Kier alpha value is -0.0200. The highest BCUT2D eigenvalue weighted by Crippen LogP contribution is 2.25. The topological polar surface area (TPSA) is 40.5 Å². The summed E-state index contributed by atoms with van der Waals surface area (Å²) in [5.41, 5.74) is 0. The molecule has 0 saturated carbocycles. The van der Waals surface area contributed by atoms with Crippen molar-refractivity contribution >= 4 is 23.2 Å². The first-order chi connectivity index (χ1) is 4.61. The molecule has 0 heterocycles. The lowest BCUT2D eigenvalue weighted by atomic mass is 10.1. The fraction of sp³-hybridized carbons (Fsp3) is 0.333. The Morgan fingerprint density at radius 2 is 1.30 bits per heavy atom. The lowest BCUT2D eigenvalue weighted by Gasteiger charge is -2.15. The summed E-state index contributed by atoms with van der Waals surface area (Å²) < 4.78 is 0. The van der Waals surface area contributed by atoms with Gasteiger partial charge in [0, 0.05) is 0 Å². The maximum Gasteiger partial charge on any atom is 0.103 e. The van der Waals surface area contributed by atoms with Crippen LogP contribution in [0.25, 0.3) is 0 Å². The molecule has 4 heteroatoms. The number of allylic oxidation sites excluding steroid dienone is 2. The van der Waals surface area contributed by atoms with Crippen LogP contribution in [0.4, 0.5) is 0 Å². The summed E-state index contributed by atoms with van der Waals surface area (Å²) in [6.07, 6.45) is 0.730. The summed E-state index contributed by atoms with van der Waals surface area (Å²) in [6.45, 7) is 0. The summed E-state index contributed by atoms with van der Waals surface area (Å²) in [5.74, 6) is 0. The number of hydrogen-bond acceptors (Lipinski definition) is 2. The molecule has 0 amide bonds. The molecule has 0 radical (unpaired) electrons. The Kier molecular flexibility index (Phi) is 2.36. The van der Waals surface area contributed by atoms with E-state index >= 15 is 0 Å². The van der Waals surface area contributed by atoms with Crippen molar-refractivity contribution in [1.29, 1.82) is 0 Å². The number of aliphatic hydroxyl groups excluding tert-OH is 2. The van der Waals surface area contributed by atoms with Gasteiger partial charge in [0.25, 0.3) is 0 Å². The van der Waals surface area contributed by atoms with Crippen LogP contribution in [0.15, 0.2) is 22.2 Å². The van der Waals surface area contributed by atoms with Crippen molar-refractivity contribution in [3.05, 3.63) is 22.2 Å². The van der Waals surface area contributed by atoms with Gasteiger partial charge in [0.15, 0.2) is 0 Å². The van der Waals surface area contributed by atoms with Crippen molar-refractivity contribution in [2.24, 2.45) is 0 Å². The minimum atomic E-state index is -0.935. The van der Waals surface area contributed by atoms with Crippen molar-refractivity contribution < 1.29 is 10.2 Å². The fourth-order valence-corrected chi connectivity index (χ4v) is 1.04. The molecule has 0 fully saturated rings. The van der Waals surface area contributed by atoms with Gasteiger partial charge >= 0.3 is 0 Å². The van der Waals surface area contributed by atoms with Crippen LogP contribution in [0.2, 0.25) is 0 Å². The van der Waals surface area contributed by atoms with E-state index in [0.29, 0.717) is 0 Å². The number of rotatable bonds is 0. The lowest BCUT2D eigenvalue weighted by Crippen LogP contribution is -2.24. The highest BCUT2D eigenvalue weighted by molar-refractivity contribution is 6.44. The molecule has 10 heavy (non-hydrogen) atoms. The van der Waals surface area contributed by atoms with E-state index in [4.69, 9.17) is 33.4 Å². The molecule has 0 saturated heterocycles. The molecule has 2 N–H and O–H groups in total. The van der Waals surface area contributed by atoms with Crippen molar-refractivity contribution in [2.45, 2.75) is 12.2 Å². The maximum atomic E-state index is 8.95. The van der Waals surface area contributed by atoms with Crippen LogP contribution < -0.4 is 0 Å². The van der Waals surface area contributed by atoms with Crippen LogP contribution in [0.1, 0.15) is 0 Å². The average molecular weight is 181 g/mol. The molecule has 0 aromatic heterocycles. The Morgan fingerprint density at radius 3 is 1.60 bits per heavy atom. The molecule has 0 unspecified atom stereocenters. The molecular formula is C6H6Cl2O2. The summed E-state index contributed by atoms with van der Waals surface area (Å²) in [7, 11) is 0. The second-order valence-electron chi connectivity index (χ2n) is 2.01. The molecule has 0 aromatic rings. The second kappa shape index (κ2) is 2.93. The van der Waals surface area contributed by atoms with Crippen LogP contribution in [-0.4, -0.2) is 22.4 Å². The lowest BCUT2D eigenvalue weighted by molar-refractivity contribution is 0.0789. The molecule has 2 atom stereocenters. The fourth-order valence-electron chi connectivity index (χ4n) is 0.656. The Labute approximate surface area is 68.4 Å². The third-order valence-electron chi connectivity index (χ3n) is 1.21. The van der Waals surface area contributed by atoms with E-state index in [0.717, 1.165) is 0 Å². The molecule has 0 bridgehead atoms. The van der Waals surface area contributed by atoms with Crippen LogP contribution in [0.5, 0.6) is 0 Å².